The highest BCUT2D eigenvalue weighted by Crippen LogP contribution is 2.27. The van der Waals surface area contributed by atoms with Crippen molar-refractivity contribution >= 4 is 34.7 Å². The lowest BCUT2D eigenvalue weighted by molar-refractivity contribution is 0.410. The number of hydrogen-bond donors (Lipinski definition) is 1. The van der Waals surface area contributed by atoms with Gasteiger partial charge in [-0.05, 0) is 18.2 Å². The summed E-state index contributed by atoms with van der Waals surface area (Å²) in [5, 5.41) is 7.98. The van der Waals surface area contributed by atoms with Crippen LogP contribution in [0, 0.1) is 0 Å². The maximum Gasteiger partial charge on any atom is 0.208 e. The van der Waals surface area contributed by atoms with Crippen molar-refractivity contribution in [1.82, 2.24) is 15.2 Å². The van der Waals surface area contributed by atoms with E-state index in [0.29, 0.717) is 6.42 Å². The molecule has 3 rings (SSSR count). The summed E-state index contributed by atoms with van der Waals surface area (Å²) < 4.78 is 6.16. The molecule has 0 aliphatic carbocycles. The smallest absolute Gasteiger partial charge is 0.208 e. The van der Waals surface area contributed by atoms with Crippen molar-refractivity contribution in [3.63, 3.8) is 0 Å². The molecule has 0 aliphatic heterocycles. The number of nitrogens with zero attached hydrogens (tertiary/aromatic N) is 2. The molecule has 0 bridgehead atoms. The fraction of sp³-hybridized carbons (Fsp3) is 0.200. The normalized spacial score (nSPS) is 10.8. The second-order valence-electron chi connectivity index (χ2n) is 4.55. The van der Waals surface area contributed by atoms with Crippen LogP contribution < -0.4 is 4.74 Å². The second kappa shape index (κ2) is 7.17. The number of nitrogens with one attached hydrogen (secondary N) is 1. The predicted octanol–water partition coefficient (Wildman–Crippen LogP) is 4.41. The van der Waals surface area contributed by atoms with Crippen molar-refractivity contribution in [2.24, 2.45) is 0 Å². The van der Waals surface area contributed by atoms with Gasteiger partial charge in [-0.2, -0.15) is 0 Å². The predicted molar refractivity (Wildman–Crippen MR) is 91.1 cm³/mol. The molecule has 3 aromatic rings. The van der Waals surface area contributed by atoms with Gasteiger partial charge in [-0.1, -0.05) is 41.6 Å². The molecule has 0 fully saturated rings. The summed E-state index contributed by atoms with van der Waals surface area (Å²) in [4.78, 5) is 5.73. The lowest BCUT2D eigenvalue weighted by Crippen LogP contribution is -1.95. The molecular weight excluding hydrogens is 338 g/mol. The van der Waals surface area contributed by atoms with Gasteiger partial charge in [-0.3, -0.25) is 5.10 Å². The number of halogens is 1. The van der Waals surface area contributed by atoms with Gasteiger partial charge in [0.25, 0.3) is 0 Å². The van der Waals surface area contributed by atoms with Crippen LogP contribution in [0.5, 0.6) is 5.75 Å². The topological polar surface area (TPSA) is 50.8 Å². The van der Waals surface area contributed by atoms with Gasteiger partial charge in [-0.15, -0.1) is 16.4 Å². The summed E-state index contributed by atoms with van der Waals surface area (Å²) in [7, 11) is 1.67. The van der Waals surface area contributed by atoms with E-state index in [4.69, 9.17) is 16.3 Å². The maximum absolute atomic E-state index is 5.93. The lowest BCUT2D eigenvalue weighted by Gasteiger charge is -2.05. The van der Waals surface area contributed by atoms with Crippen LogP contribution >= 0.6 is 34.7 Å². The Bertz CT molecular complexity index is 757. The molecule has 1 N–H and O–H groups in total. The number of aromatic nitrogens is 3. The van der Waals surface area contributed by atoms with Crippen LogP contribution in [0.15, 0.2) is 41.6 Å². The van der Waals surface area contributed by atoms with E-state index in [1.165, 1.54) is 4.88 Å². The van der Waals surface area contributed by atoms with Gasteiger partial charge in [0.2, 0.25) is 5.16 Å². The van der Waals surface area contributed by atoms with E-state index in [1.54, 1.807) is 30.2 Å². The van der Waals surface area contributed by atoms with Gasteiger partial charge < -0.3 is 4.74 Å². The fourth-order valence-corrected chi connectivity index (χ4v) is 3.96. The van der Waals surface area contributed by atoms with E-state index < -0.39 is 0 Å². The molecule has 0 saturated heterocycles. The molecule has 2 heterocycles. The third-order valence-electron chi connectivity index (χ3n) is 3.03. The Hall–Kier alpha value is -1.50. The molecular formula is C15H14ClN3OS2. The standard InChI is InChI=1S/C15H14ClN3OS2/c1-20-12-5-3-2-4-10(12)8-14-17-15(19-18-14)21-9-11-6-7-13(16)22-11/h2-7H,8-9H2,1H3,(H,17,18,19). The van der Waals surface area contributed by atoms with Crippen LogP contribution in [0.25, 0.3) is 0 Å². The third-order valence-corrected chi connectivity index (χ3v) is 5.34. The number of H-pyrrole nitrogens is 1. The number of rotatable bonds is 6. The van der Waals surface area contributed by atoms with E-state index in [1.807, 2.05) is 36.4 Å². The molecule has 0 atom stereocenters. The lowest BCUT2D eigenvalue weighted by atomic mass is 10.1. The molecule has 7 heteroatoms. The van der Waals surface area contributed by atoms with Crippen molar-refractivity contribution in [3.8, 4) is 5.75 Å². The molecule has 114 valence electrons. The van der Waals surface area contributed by atoms with Crippen molar-refractivity contribution in [3.05, 3.63) is 57.0 Å². The maximum atomic E-state index is 5.93. The summed E-state index contributed by atoms with van der Waals surface area (Å²) in [6.45, 7) is 0. The van der Waals surface area contributed by atoms with E-state index >= 15 is 0 Å². The number of methoxy groups -OCH3 is 1. The first-order valence-electron chi connectivity index (χ1n) is 6.65. The van der Waals surface area contributed by atoms with Crippen molar-refractivity contribution < 1.29 is 4.74 Å². The summed E-state index contributed by atoms with van der Waals surface area (Å²) in [6, 6.07) is 11.9. The minimum atomic E-state index is 0.669. The zero-order valence-electron chi connectivity index (χ0n) is 11.9. The molecule has 2 aromatic heterocycles. The van der Waals surface area contributed by atoms with Crippen LogP contribution in [-0.4, -0.2) is 22.3 Å². The number of hydrogen-bond acceptors (Lipinski definition) is 5. The highest BCUT2D eigenvalue weighted by molar-refractivity contribution is 7.98. The molecule has 0 saturated carbocycles. The Morgan fingerprint density at radius 2 is 2.14 bits per heavy atom. The molecule has 0 spiro atoms. The van der Waals surface area contributed by atoms with E-state index in [-0.39, 0.29) is 0 Å². The Balaban J connectivity index is 1.63. The van der Waals surface area contributed by atoms with Crippen molar-refractivity contribution in [1.29, 1.82) is 0 Å². The average Bonchev–Trinajstić information content (AvgIpc) is 3.15. The number of ether oxygens (including phenoxy) is 1. The fourth-order valence-electron chi connectivity index (χ4n) is 2.02. The van der Waals surface area contributed by atoms with Crippen LogP contribution in [-0.2, 0) is 12.2 Å². The minimum Gasteiger partial charge on any atom is -0.496 e. The Morgan fingerprint density at radius 3 is 2.91 bits per heavy atom. The van der Waals surface area contributed by atoms with Gasteiger partial charge >= 0.3 is 0 Å². The zero-order valence-corrected chi connectivity index (χ0v) is 14.3. The molecule has 0 radical (unpaired) electrons. The van der Waals surface area contributed by atoms with Crippen molar-refractivity contribution in [2.75, 3.05) is 7.11 Å². The Morgan fingerprint density at radius 1 is 1.27 bits per heavy atom. The first-order valence-corrected chi connectivity index (χ1v) is 8.83. The minimum absolute atomic E-state index is 0.669. The highest BCUT2D eigenvalue weighted by Gasteiger charge is 2.09. The number of aromatic amines is 1. The second-order valence-corrected chi connectivity index (χ2v) is 7.29. The average molecular weight is 352 g/mol. The highest BCUT2D eigenvalue weighted by atomic mass is 35.5. The van der Waals surface area contributed by atoms with Crippen LogP contribution in [0.2, 0.25) is 4.34 Å². The summed E-state index contributed by atoms with van der Waals surface area (Å²) in [6.07, 6.45) is 0.669. The van der Waals surface area contributed by atoms with E-state index in [0.717, 1.165) is 32.4 Å². The van der Waals surface area contributed by atoms with Crippen LogP contribution in [0.1, 0.15) is 16.3 Å². The van der Waals surface area contributed by atoms with E-state index in [2.05, 4.69) is 15.2 Å². The monoisotopic (exact) mass is 351 g/mol. The Kier molecular flexibility index (Phi) is 5.02. The van der Waals surface area contributed by atoms with Gasteiger partial charge in [0.1, 0.15) is 11.6 Å². The summed E-state index contributed by atoms with van der Waals surface area (Å²) >= 11 is 9.10. The number of thiophene rings is 1. The largest absolute Gasteiger partial charge is 0.496 e. The first kappa shape index (κ1) is 15.4. The van der Waals surface area contributed by atoms with Gasteiger partial charge in [0, 0.05) is 22.6 Å². The summed E-state index contributed by atoms with van der Waals surface area (Å²) in [5.41, 5.74) is 1.09. The van der Waals surface area contributed by atoms with E-state index in [9.17, 15) is 0 Å². The van der Waals surface area contributed by atoms with Crippen molar-refractivity contribution in [2.45, 2.75) is 17.3 Å². The van der Waals surface area contributed by atoms with Crippen LogP contribution in [0.3, 0.4) is 0 Å². The quantitative estimate of drug-likeness (QED) is 0.668. The molecule has 1 aromatic carbocycles. The zero-order chi connectivity index (χ0) is 15.4. The number of benzene rings is 1. The van der Waals surface area contributed by atoms with Crippen LogP contribution in [0.4, 0.5) is 0 Å². The van der Waals surface area contributed by atoms with Gasteiger partial charge in [0.15, 0.2) is 0 Å². The molecule has 0 aliphatic rings. The molecule has 0 unspecified atom stereocenters. The van der Waals surface area contributed by atoms with Gasteiger partial charge in [-0.25, -0.2) is 4.98 Å². The van der Waals surface area contributed by atoms with Gasteiger partial charge in [0.05, 0.1) is 11.4 Å². The molecule has 4 nitrogen and oxygen atoms in total. The molecule has 0 amide bonds. The molecule has 22 heavy (non-hydrogen) atoms. The SMILES string of the molecule is COc1ccccc1Cc1nc(SCc2ccc(Cl)s2)n[nH]1. The summed E-state index contributed by atoms with van der Waals surface area (Å²) in [5.74, 6) is 2.51. The Labute approximate surface area is 141 Å². The first-order chi connectivity index (χ1) is 10.7. The third kappa shape index (κ3) is 3.82. The number of thioether (sulfide) groups is 1. The number of para-hydroxylation sites is 1.